The van der Waals surface area contributed by atoms with E-state index in [1.165, 1.54) is 6.07 Å². The third-order valence-corrected chi connectivity index (χ3v) is 4.29. The minimum atomic E-state index is -0.381. The largest absolute Gasteiger partial charge is 0.497 e. The molecule has 0 bridgehead atoms. The van der Waals surface area contributed by atoms with Crippen molar-refractivity contribution in [3.63, 3.8) is 0 Å². The zero-order valence-corrected chi connectivity index (χ0v) is 14.4. The first kappa shape index (κ1) is 16.5. The Balaban J connectivity index is 1.44. The fourth-order valence-corrected chi connectivity index (χ4v) is 3.01. The topological polar surface area (TPSA) is 69.9 Å². The third kappa shape index (κ3) is 3.36. The van der Waals surface area contributed by atoms with Gasteiger partial charge in [-0.3, -0.25) is 0 Å². The Kier molecular flexibility index (Phi) is 4.50. The van der Waals surface area contributed by atoms with Gasteiger partial charge in [-0.15, -0.1) is 0 Å². The van der Waals surface area contributed by atoms with Crippen molar-refractivity contribution in [1.82, 2.24) is 5.32 Å². The van der Waals surface area contributed by atoms with Crippen molar-refractivity contribution in [2.24, 2.45) is 0 Å². The lowest BCUT2D eigenvalue weighted by molar-refractivity contribution is 0.0902. The van der Waals surface area contributed by atoms with Crippen molar-refractivity contribution in [2.45, 2.75) is 12.6 Å². The Bertz CT molecular complexity index is 981. The van der Waals surface area contributed by atoms with Gasteiger partial charge in [-0.05, 0) is 29.8 Å². The first-order chi connectivity index (χ1) is 12.7. The van der Waals surface area contributed by atoms with E-state index in [9.17, 15) is 4.79 Å². The SMILES string of the molecule is COc1ccc2c(CNC[C@@H]3COc4ccccc4O3)cc(=O)oc2c1. The average Bonchev–Trinajstić information content (AvgIpc) is 2.67. The number of nitrogens with one attached hydrogen (secondary N) is 1. The third-order valence-electron chi connectivity index (χ3n) is 4.29. The highest BCUT2D eigenvalue weighted by molar-refractivity contribution is 5.81. The molecule has 0 saturated heterocycles. The van der Waals surface area contributed by atoms with Crippen LogP contribution in [0.15, 0.2) is 57.7 Å². The molecule has 1 aliphatic heterocycles. The van der Waals surface area contributed by atoms with Crippen LogP contribution < -0.4 is 25.2 Å². The number of ether oxygens (including phenoxy) is 3. The van der Waals surface area contributed by atoms with Crippen LogP contribution in [0, 0.1) is 0 Å². The van der Waals surface area contributed by atoms with E-state index < -0.39 is 0 Å². The summed E-state index contributed by atoms with van der Waals surface area (Å²) in [6, 6.07) is 14.6. The molecule has 2 aromatic carbocycles. The van der Waals surface area contributed by atoms with E-state index in [4.69, 9.17) is 18.6 Å². The van der Waals surface area contributed by atoms with Crippen LogP contribution in [0.1, 0.15) is 5.56 Å². The van der Waals surface area contributed by atoms with Crippen LogP contribution in [-0.4, -0.2) is 26.4 Å². The highest BCUT2D eigenvalue weighted by Crippen LogP contribution is 2.30. The molecular formula is C20H19NO5. The fraction of sp³-hybridized carbons (Fsp3) is 0.250. The number of hydrogen-bond donors (Lipinski definition) is 1. The van der Waals surface area contributed by atoms with Gasteiger partial charge in [0.2, 0.25) is 0 Å². The van der Waals surface area contributed by atoms with Crippen LogP contribution in [0.4, 0.5) is 0 Å². The normalized spacial score (nSPS) is 15.8. The summed E-state index contributed by atoms with van der Waals surface area (Å²) in [5, 5.41) is 4.21. The summed E-state index contributed by atoms with van der Waals surface area (Å²) in [4.78, 5) is 11.8. The first-order valence-electron chi connectivity index (χ1n) is 8.43. The Morgan fingerprint density at radius 1 is 1.15 bits per heavy atom. The van der Waals surface area contributed by atoms with Gasteiger partial charge in [0.25, 0.3) is 0 Å². The second kappa shape index (κ2) is 7.09. The molecule has 26 heavy (non-hydrogen) atoms. The molecule has 1 aliphatic rings. The molecule has 4 rings (SSSR count). The smallest absolute Gasteiger partial charge is 0.336 e. The maximum Gasteiger partial charge on any atom is 0.336 e. The van der Waals surface area contributed by atoms with Gasteiger partial charge in [-0.25, -0.2) is 4.79 Å². The summed E-state index contributed by atoms with van der Waals surface area (Å²) in [7, 11) is 1.58. The second-order valence-corrected chi connectivity index (χ2v) is 6.08. The fourth-order valence-electron chi connectivity index (χ4n) is 3.01. The van der Waals surface area contributed by atoms with Crippen LogP contribution >= 0.6 is 0 Å². The molecule has 0 radical (unpaired) electrons. The predicted molar refractivity (Wildman–Crippen MR) is 97.1 cm³/mol. The van der Waals surface area contributed by atoms with Crippen LogP contribution in [0.5, 0.6) is 17.2 Å². The lowest BCUT2D eigenvalue weighted by Crippen LogP contribution is -2.38. The number of fused-ring (bicyclic) bond motifs is 2. The van der Waals surface area contributed by atoms with E-state index in [0.717, 1.165) is 22.4 Å². The molecule has 0 fully saturated rings. The zero-order valence-electron chi connectivity index (χ0n) is 14.4. The molecule has 3 aromatic rings. The van der Waals surface area contributed by atoms with Crippen molar-refractivity contribution in [3.8, 4) is 17.2 Å². The number of methoxy groups -OCH3 is 1. The maximum atomic E-state index is 11.8. The monoisotopic (exact) mass is 353 g/mol. The van der Waals surface area contributed by atoms with Gasteiger partial charge in [0, 0.05) is 30.6 Å². The number of benzene rings is 2. The Labute approximate surface area is 150 Å². The summed E-state index contributed by atoms with van der Waals surface area (Å²) in [6.45, 7) is 1.61. The van der Waals surface area contributed by atoms with Crippen molar-refractivity contribution in [1.29, 1.82) is 0 Å². The first-order valence-corrected chi connectivity index (χ1v) is 8.43. The predicted octanol–water partition coefficient (Wildman–Crippen LogP) is 2.73. The number of para-hydroxylation sites is 2. The Morgan fingerprint density at radius 3 is 2.85 bits per heavy atom. The van der Waals surface area contributed by atoms with Crippen LogP contribution in [0.25, 0.3) is 11.0 Å². The average molecular weight is 353 g/mol. The van der Waals surface area contributed by atoms with Crippen molar-refractivity contribution >= 4 is 11.0 Å². The van der Waals surface area contributed by atoms with Gasteiger partial charge >= 0.3 is 5.63 Å². The maximum absolute atomic E-state index is 11.8. The van der Waals surface area contributed by atoms with Crippen LogP contribution in [0.3, 0.4) is 0 Å². The Morgan fingerprint density at radius 2 is 2.00 bits per heavy atom. The minimum absolute atomic E-state index is 0.0867. The number of hydrogen-bond acceptors (Lipinski definition) is 6. The van der Waals surface area contributed by atoms with E-state index in [1.807, 2.05) is 36.4 Å². The van der Waals surface area contributed by atoms with Crippen LogP contribution in [0.2, 0.25) is 0 Å². The van der Waals surface area contributed by atoms with Crippen molar-refractivity contribution in [2.75, 3.05) is 20.3 Å². The van der Waals surface area contributed by atoms with Crippen LogP contribution in [-0.2, 0) is 6.54 Å². The highest BCUT2D eigenvalue weighted by atomic mass is 16.6. The van der Waals surface area contributed by atoms with Gasteiger partial charge in [0.1, 0.15) is 24.0 Å². The summed E-state index contributed by atoms with van der Waals surface area (Å²) in [5.74, 6) is 2.17. The van der Waals surface area contributed by atoms with E-state index in [1.54, 1.807) is 13.2 Å². The molecule has 134 valence electrons. The molecular weight excluding hydrogens is 334 g/mol. The molecule has 0 aliphatic carbocycles. The molecule has 6 heteroatoms. The van der Waals surface area contributed by atoms with E-state index >= 15 is 0 Å². The van der Waals surface area contributed by atoms with Crippen molar-refractivity contribution in [3.05, 3.63) is 64.5 Å². The van der Waals surface area contributed by atoms with Gasteiger partial charge in [-0.1, -0.05) is 12.1 Å². The summed E-state index contributed by atoms with van der Waals surface area (Å²) in [6.07, 6.45) is -0.0867. The summed E-state index contributed by atoms with van der Waals surface area (Å²) in [5.41, 5.74) is 1.00. The van der Waals surface area contributed by atoms with E-state index in [2.05, 4.69) is 5.32 Å². The minimum Gasteiger partial charge on any atom is -0.497 e. The quantitative estimate of drug-likeness (QED) is 0.711. The van der Waals surface area contributed by atoms with Gasteiger partial charge in [0.05, 0.1) is 7.11 Å². The standard InChI is InChI=1S/C20H19NO5/c1-23-14-6-7-16-13(8-20(22)26-19(16)9-14)10-21-11-15-12-24-17-4-2-3-5-18(17)25-15/h2-9,15,21H,10-12H2,1H3/t15-/m1/s1. The van der Waals surface area contributed by atoms with Gasteiger partial charge in [0.15, 0.2) is 11.5 Å². The molecule has 0 unspecified atom stereocenters. The molecule has 0 spiro atoms. The summed E-state index contributed by atoms with van der Waals surface area (Å²) >= 11 is 0. The van der Waals surface area contributed by atoms with E-state index in [0.29, 0.717) is 31.0 Å². The van der Waals surface area contributed by atoms with Gasteiger partial charge < -0.3 is 23.9 Å². The molecule has 1 N–H and O–H groups in total. The molecule has 0 amide bonds. The lowest BCUT2D eigenvalue weighted by Gasteiger charge is -2.26. The Hall–Kier alpha value is -2.99. The van der Waals surface area contributed by atoms with E-state index in [-0.39, 0.29) is 11.7 Å². The summed E-state index contributed by atoms with van der Waals surface area (Å²) < 4.78 is 22.1. The lowest BCUT2D eigenvalue weighted by atomic mass is 10.1. The number of rotatable bonds is 5. The zero-order chi connectivity index (χ0) is 17.9. The molecule has 0 saturated carbocycles. The molecule has 1 atom stereocenters. The molecule has 6 nitrogen and oxygen atoms in total. The van der Waals surface area contributed by atoms with Crippen molar-refractivity contribution < 1.29 is 18.6 Å². The second-order valence-electron chi connectivity index (χ2n) is 6.08. The molecule has 1 aromatic heterocycles. The molecule has 2 heterocycles. The van der Waals surface area contributed by atoms with Gasteiger partial charge in [-0.2, -0.15) is 0 Å². The highest BCUT2D eigenvalue weighted by Gasteiger charge is 2.20.